The highest BCUT2D eigenvalue weighted by Crippen LogP contribution is 2.22. The maximum absolute atomic E-state index is 14.5. The Morgan fingerprint density at radius 2 is 1.62 bits per heavy atom. The Morgan fingerprint density at radius 3 is 2.12 bits per heavy atom. The number of rotatable bonds is 8. The molecule has 0 spiro atoms. The van der Waals surface area contributed by atoms with Gasteiger partial charge in [-0.3, -0.25) is 9.59 Å². The van der Waals surface area contributed by atoms with Crippen LogP contribution in [0.4, 0.5) is 10.1 Å². The number of amides is 1. The molecule has 0 atom stereocenters. The Balaban J connectivity index is 0.00000227. The summed E-state index contributed by atoms with van der Waals surface area (Å²) in [6.07, 6.45) is 0. The van der Waals surface area contributed by atoms with Crippen LogP contribution >= 0.6 is 11.6 Å². The van der Waals surface area contributed by atoms with Gasteiger partial charge in [0.2, 0.25) is 0 Å². The summed E-state index contributed by atoms with van der Waals surface area (Å²) in [6.45, 7) is 15.1. The van der Waals surface area contributed by atoms with Gasteiger partial charge in [0.25, 0.3) is 5.91 Å². The third-order valence-corrected chi connectivity index (χ3v) is 5.07. The van der Waals surface area contributed by atoms with E-state index in [4.69, 9.17) is 16.4 Å². The van der Waals surface area contributed by atoms with Crippen LogP contribution in [0.15, 0.2) is 36.4 Å². The number of nitrogens with zero attached hydrogens (tertiary/aromatic N) is 2. The number of aryl methyl sites for hydroxylation is 1. The molecule has 2 aromatic rings. The van der Waals surface area contributed by atoms with Crippen LogP contribution in [-0.2, 0) is 4.79 Å². The first-order valence-electron chi connectivity index (χ1n) is 10.7. The first-order valence-corrected chi connectivity index (χ1v) is 11.1. The zero-order chi connectivity index (χ0) is 24.8. The average molecular weight is 465 g/mol. The van der Waals surface area contributed by atoms with Crippen LogP contribution in [0.5, 0.6) is 0 Å². The van der Waals surface area contributed by atoms with Gasteiger partial charge in [-0.05, 0) is 58.0 Å². The number of benzene rings is 2. The standard InChI is InChI=1S/C22H26ClFN2O2.C2H6.CH2O/c1-5-25(21-10-8-17(16(4)27)14-20(21)24)11-12-26(6-2)22(28)18-13-15(3)7-9-19(18)23;2*1-2/h7-10,13-14H,5-6,11-12H2,1-4H3;1-2H3;1H2. The maximum atomic E-state index is 14.5. The fourth-order valence-electron chi connectivity index (χ4n) is 3.05. The summed E-state index contributed by atoms with van der Waals surface area (Å²) < 4.78 is 14.5. The summed E-state index contributed by atoms with van der Waals surface area (Å²) in [4.78, 5) is 35.9. The molecular weight excluding hydrogens is 431 g/mol. The van der Waals surface area contributed by atoms with E-state index in [1.54, 1.807) is 29.2 Å². The lowest BCUT2D eigenvalue weighted by Crippen LogP contribution is -2.39. The van der Waals surface area contributed by atoms with Gasteiger partial charge in [0.15, 0.2) is 5.78 Å². The fourth-order valence-corrected chi connectivity index (χ4v) is 3.25. The molecule has 0 saturated carbocycles. The molecule has 0 unspecified atom stereocenters. The number of anilines is 1. The van der Waals surface area contributed by atoms with Crippen molar-refractivity contribution < 1.29 is 18.8 Å². The molecule has 0 radical (unpaired) electrons. The van der Waals surface area contributed by atoms with Crippen molar-refractivity contribution >= 4 is 35.8 Å². The normalized spacial score (nSPS) is 9.62. The molecule has 7 heteroatoms. The zero-order valence-corrected chi connectivity index (χ0v) is 20.6. The second-order valence-electron chi connectivity index (χ2n) is 6.67. The topological polar surface area (TPSA) is 57.7 Å². The smallest absolute Gasteiger partial charge is 0.255 e. The van der Waals surface area contributed by atoms with E-state index in [-0.39, 0.29) is 11.7 Å². The molecule has 0 fully saturated rings. The van der Waals surface area contributed by atoms with Crippen LogP contribution in [0.1, 0.15) is 60.9 Å². The number of hydrogen-bond acceptors (Lipinski definition) is 4. The van der Waals surface area contributed by atoms with E-state index in [1.807, 2.05) is 52.4 Å². The molecule has 176 valence electrons. The van der Waals surface area contributed by atoms with Gasteiger partial charge in [-0.25, -0.2) is 4.39 Å². The van der Waals surface area contributed by atoms with Gasteiger partial charge in [-0.15, -0.1) is 0 Å². The van der Waals surface area contributed by atoms with Crippen molar-refractivity contribution in [3.05, 3.63) is 63.9 Å². The molecule has 1 amide bonds. The summed E-state index contributed by atoms with van der Waals surface area (Å²) in [5.41, 5.74) is 2.21. The molecule has 2 rings (SSSR count). The molecular formula is C25H34ClFN2O3. The van der Waals surface area contributed by atoms with Crippen LogP contribution in [0, 0.1) is 12.7 Å². The van der Waals surface area contributed by atoms with Crippen molar-refractivity contribution in [2.24, 2.45) is 0 Å². The molecule has 0 aliphatic rings. The first-order chi connectivity index (χ1) is 15.3. The van der Waals surface area contributed by atoms with Gasteiger partial charge >= 0.3 is 0 Å². The van der Waals surface area contributed by atoms with Crippen molar-refractivity contribution in [3.8, 4) is 0 Å². The number of Topliss-reactive ketones (excluding diaryl/α,β-unsaturated/α-hetero) is 1. The van der Waals surface area contributed by atoms with Crippen molar-refractivity contribution in [2.45, 2.75) is 41.5 Å². The van der Waals surface area contributed by atoms with E-state index >= 15 is 0 Å². The van der Waals surface area contributed by atoms with Gasteiger partial charge in [-0.1, -0.05) is 37.1 Å². The van der Waals surface area contributed by atoms with Crippen molar-refractivity contribution in [2.75, 3.05) is 31.1 Å². The number of carbonyl (C=O) groups excluding carboxylic acids is 3. The van der Waals surface area contributed by atoms with E-state index < -0.39 is 5.82 Å². The SMILES string of the molecule is C=O.CC.CCN(CCN(CC)c1ccc(C(C)=O)cc1F)C(=O)c1cc(C)ccc1Cl. The lowest BCUT2D eigenvalue weighted by atomic mass is 10.1. The molecule has 0 N–H and O–H groups in total. The molecule has 0 saturated heterocycles. The molecule has 0 aliphatic heterocycles. The van der Waals surface area contributed by atoms with Gasteiger partial charge in [-0.2, -0.15) is 0 Å². The Morgan fingerprint density at radius 1 is 1.00 bits per heavy atom. The quantitative estimate of drug-likeness (QED) is 0.462. The predicted molar refractivity (Wildman–Crippen MR) is 131 cm³/mol. The minimum atomic E-state index is -0.439. The second-order valence-corrected chi connectivity index (χ2v) is 7.08. The van der Waals surface area contributed by atoms with Crippen LogP contribution < -0.4 is 4.90 Å². The van der Waals surface area contributed by atoms with E-state index in [2.05, 4.69) is 0 Å². The molecule has 0 aliphatic carbocycles. The van der Waals surface area contributed by atoms with Crippen molar-refractivity contribution in [1.82, 2.24) is 4.90 Å². The average Bonchev–Trinajstić information content (AvgIpc) is 2.81. The molecule has 0 heterocycles. The Labute approximate surface area is 196 Å². The van der Waals surface area contributed by atoms with Gasteiger partial charge < -0.3 is 14.6 Å². The summed E-state index contributed by atoms with van der Waals surface area (Å²) in [5, 5.41) is 0.423. The largest absolute Gasteiger partial charge is 0.368 e. The summed E-state index contributed by atoms with van der Waals surface area (Å²) in [6, 6.07) is 9.87. The number of likely N-dealkylation sites (N-methyl/N-ethyl adjacent to an activating group) is 2. The minimum Gasteiger partial charge on any atom is -0.368 e. The first kappa shape index (κ1) is 29.3. The summed E-state index contributed by atoms with van der Waals surface area (Å²) in [5.74, 6) is -0.753. The highest BCUT2D eigenvalue weighted by atomic mass is 35.5. The van der Waals surface area contributed by atoms with Gasteiger partial charge in [0, 0.05) is 31.7 Å². The molecule has 2 aromatic carbocycles. The van der Waals surface area contributed by atoms with Crippen LogP contribution in [0.2, 0.25) is 5.02 Å². The Kier molecular flexibility index (Phi) is 13.8. The lowest BCUT2D eigenvalue weighted by molar-refractivity contribution is -0.0980. The maximum Gasteiger partial charge on any atom is 0.255 e. The van der Waals surface area contributed by atoms with Crippen LogP contribution in [-0.4, -0.2) is 49.6 Å². The summed E-state index contributed by atoms with van der Waals surface area (Å²) in [7, 11) is 0. The minimum absolute atomic E-state index is 0.139. The van der Waals surface area contributed by atoms with Crippen molar-refractivity contribution in [1.29, 1.82) is 0 Å². The van der Waals surface area contributed by atoms with E-state index in [0.29, 0.717) is 48.0 Å². The van der Waals surface area contributed by atoms with E-state index in [0.717, 1.165) is 5.56 Å². The Hall–Kier alpha value is -2.73. The monoisotopic (exact) mass is 464 g/mol. The zero-order valence-electron chi connectivity index (χ0n) is 19.9. The number of halogens is 2. The highest BCUT2D eigenvalue weighted by molar-refractivity contribution is 6.33. The van der Waals surface area contributed by atoms with E-state index in [1.165, 1.54) is 13.0 Å². The summed E-state index contributed by atoms with van der Waals surface area (Å²) >= 11 is 6.20. The van der Waals surface area contributed by atoms with Gasteiger partial charge in [0.1, 0.15) is 12.6 Å². The van der Waals surface area contributed by atoms with Crippen LogP contribution in [0.25, 0.3) is 0 Å². The molecule has 0 aromatic heterocycles. The third kappa shape index (κ3) is 8.08. The number of hydrogen-bond donors (Lipinski definition) is 0. The number of ketones is 1. The molecule has 0 bridgehead atoms. The Bertz CT molecular complexity index is 889. The van der Waals surface area contributed by atoms with Crippen LogP contribution in [0.3, 0.4) is 0 Å². The molecule has 32 heavy (non-hydrogen) atoms. The third-order valence-electron chi connectivity index (χ3n) is 4.74. The fraction of sp³-hybridized carbons (Fsp3) is 0.400. The van der Waals surface area contributed by atoms with E-state index in [9.17, 15) is 14.0 Å². The van der Waals surface area contributed by atoms with Gasteiger partial charge in [0.05, 0.1) is 16.3 Å². The predicted octanol–water partition coefficient (Wildman–Crippen LogP) is 5.82. The highest BCUT2D eigenvalue weighted by Gasteiger charge is 2.19. The number of carbonyl (C=O) groups is 3. The second kappa shape index (κ2) is 15.1. The lowest BCUT2D eigenvalue weighted by Gasteiger charge is -2.28. The molecule has 5 nitrogen and oxygen atoms in total. The van der Waals surface area contributed by atoms with Crippen molar-refractivity contribution in [3.63, 3.8) is 0 Å².